The van der Waals surface area contributed by atoms with Gasteiger partial charge in [-0.15, -0.1) is 0 Å². The largest absolute Gasteiger partial charge is 2.00 e. The minimum Gasteiger partial charge on any atom is -1.00 e. The van der Waals surface area contributed by atoms with Gasteiger partial charge in [-0.2, -0.15) is 0 Å². The Morgan fingerprint density at radius 1 is 1.25 bits per heavy atom. The first kappa shape index (κ1) is 22.5. The third-order valence-electron chi connectivity index (χ3n) is 0. The minimum absolute atomic E-state index is 0. The van der Waals surface area contributed by atoms with Crippen LogP contribution < -0.4 is 63.8 Å². The van der Waals surface area contributed by atoms with E-state index in [1.54, 1.807) is 0 Å². The van der Waals surface area contributed by atoms with Crippen molar-refractivity contribution in [2.75, 3.05) is 0 Å². The zero-order valence-corrected chi connectivity index (χ0v) is 11.3. The summed E-state index contributed by atoms with van der Waals surface area (Å²) in [6.45, 7) is 0. The van der Waals surface area contributed by atoms with Crippen LogP contribution in [0.1, 0.15) is 2.85 Å². The summed E-state index contributed by atoms with van der Waals surface area (Å²) in [5.41, 5.74) is 0. The zero-order chi connectivity index (χ0) is 4.50. The van der Waals surface area contributed by atoms with E-state index in [-0.39, 0.29) is 104 Å². The van der Waals surface area contributed by atoms with E-state index in [1.165, 1.54) is 0 Å². The van der Waals surface area contributed by atoms with Crippen molar-refractivity contribution in [2.45, 2.75) is 0 Å². The molecule has 0 aliphatic heterocycles. The van der Waals surface area contributed by atoms with E-state index in [9.17, 15) is 0 Å². The van der Waals surface area contributed by atoms with Crippen LogP contribution in [0.3, 0.4) is 0 Å². The maximum absolute atomic E-state index is 8.88. The van der Waals surface area contributed by atoms with Gasteiger partial charge in [-0.1, -0.05) is 0 Å². The summed E-state index contributed by atoms with van der Waals surface area (Å²) in [4.78, 5) is 21.6. The van der Waals surface area contributed by atoms with Gasteiger partial charge in [0.2, 0.25) is 0 Å². The molecule has 0 heterocycles. The normalized spacial score (nSPS) is 7.38. The summed E-state index contributed by atoms with van der Waals surface area (Å²) in [6.07, 6.45) is 0. The van der Waals surface area contributed by atoms with Crippen molar-refractivity contribution >= 4 is 45.6 Å². The Bertz CT molecular complexity index is 69.4. The number of hydrogen-bond donors (Lipinski definition) is 3. The van der Waals surface area contributed by atoms with Gasteiger partial charge in [-0.05, 0) is 0 Å². The predicted molar refractivity (Wildman–Crippen MR) is 22.2 cm³/mol. The monoisotopic (exact) mass is 214 g/mol. The van der Waals surface area contributed by atoms with Gasteiger partial charge >= 0.3 is 96.9 Å². The van der Waals surface area contributed by atoms with Crippen LogP contribution >= 0.6 is 7.82 Å². The number of rotatable bonds is 0. The third kappa shape index (κ3) is 58.9. The van der Waals surface area contributed by atoms with Crippen molar-refractivity contribution < 1.29 is 85.9 Å². The van der Waals surface area contributed by atoms with Crippen LogP contribution in [-0.4, -0.2) is 52.4 Å². The van der Waals surface area contributed by atoms with Crippen LogP contribution in [0, 0.1) is 0 Å². The molecule has 0 aromatic rings. The average molecular weight is 215 g/mol. The summed E-state index contributed by atoms with van der Waals surface area (Å²) in [6, 6.07) is 0. The maximum atomic E-state index is 8.88. The molecule has 0 aromatic heterocycles. The smallest absolute Gasteiger partial charge is 1.00 e. The zero-order valence-electron chi connectivity index (χ0n) is 6.28. The van der Waals surface area contributed by atoms with E-state index in [2.05, 4.69) is 0 Å². The van der Waals surface area contributed by atoms with E-state index in [4.69, 9.17) is 19.2 Å². The first-order valence-corrected chi connectivity index (χ1v) is 2.35. The van der Waals surface area contributed by atoms with E-state index in [0.717, 1.165) is 0 Å². The molecule has 4 nitrogen and oxygen atoms in total. The first-order chi connectivity index (χ1) is 2.00. The molecule has 0 fully saturated rings. The van der Waals surface area contributed by atoms with Crippen LogP contribution in [0.15, 0.2) is 0 Å². The molecule has 0 aliphatic rings. The molecule has 0 aromatic carbocycles. The van der Waals surface area contributed by atoms with Gasteiger partial charge in [-0.25, -0.2) is 4.57 Å². The molecule has 44 valence electrons. The van der Waals surface area contributed by atoms with Crippen molar-refractivity contribution in [1.29, 1.82) is 0 Å². The van der Waals surface area contributed by atoms with Crippen molar-refractivity contribution in [2.24, 2.45) is 0 Å². The van der Waals surface area contributed by atoms with Crippen LogP contribution in [0.5, 0.6) is 0 Å². The molecule has 0 bridgehead atoms. The average Bonchev–Trinajstić information content (AvgIpc) is 0.722. The summed E-state index contributed by atoms with van der Waals surface area (Å²) in [5, 5.41) is 0. The van der Waals surface area contributed by atoms with E-state index < -0.39 is 7.82 Å². The number of phosphoric acid groups is 1. The Labute approximate surface area is 128 Å². The quantitative estimate of drug-likeness (QED) is 0.277. The van der Waals surface area contributed by atoms with Crippen molar-refractivity contribution in [3.8, 4) is 0 Å². The van der Waals surface area contributed by atoms with E-state index in [0.29, 0.717) is 0 Å². The molecular weight excluding hydrogens is 210 g/mol. The SMILES string of the molecule is O=P(O)(O)O.[Ca+2].[Cl-].[H-].[H-].[K+]. The molecule has 0 radical (unpaired) electrons. The first-order valence-electron chi connectivity index (χ1n) is 0.783. The van der Waals surface area contributed by atoms with Crippen molar-refractivity contribution in [1.82, 2.24) is 0 Å². The van der Waals surface area contributed by atoms with E-state index in [1.807, 2.05) is 0 Å². The molecular formula is H5CaClKO4P. The second-order valence-electron chi connectivity index (χ2n) is 0.513. The second-order valence-corrected chi connectivity index (χ2v) is 1.54. The van der Waals surface area contributed by atoms with Crippen LogP contribution in [0.25, 0.3) is 0 Å². The number of halogens is 1. The van der Waals surface area contributed by atoms with Crippen LogP contribution in [0.2, 0.25) is 0 Å². The molecule has 0 amide bonds. The van der Waals surface area contributed by atoms with Gasteiger partial charge in [0.05, 0.1) is 0 Å². The summed E-state index contributed by atoms with van der Waals surface area (Å²) < 4.78 is 8.88. The molecule has 0 rings (SSSR count). The third-order valence-corrected chi connectivity index (χ3v) is 0. The van der Waals surface area contributed by atoms with Gasteiger partial charge in [0, 0.05) is 0 Å². The van der Waals surface area contributed by atoms with Gasteiger partial charge in [-0.3, -0.25) is 0 Å². The Morgan fingerprint density at radius 3 is 1.25 bits per heavy atom. The molecule has 3 N–H and O–H groups in total. The molecule has 0 saturated heterocycles. The molecule has 8 heavy (non-hydrogen) atoms. The maximum Gasteiger partial charge on any atom is 2.00 e. The Balaban J connectivity index is -0.00000000800. The summed E-state index contributed by atoms with van der Waals surface area (Å²) >= 11 is 0. The Kier molecular flexibility index (Phi) is 29.0. The molecule has 0 aliphatic carbocycles. The summed E-state index contributed by atoms with van der Waals surface area (Å²) in [5.74, 6) is 0. The molecule has 8 heteroatoms. The number of hydrogen-bond acceptors (Lipinski definition) is 1. The topological polar surface area (TPSA) is 77.8 Å². The van der Waals surface area contributed by atoms with Crippen molar-refractivity contribution in [3.63, 3.8) is 0 Å². The fraction of sp³-hybridized carbons (Fsp3) is 0. The molecule has 0 saturated carbocycles. The second kappa shape index (κ2) is 10.3. The van der Waals surface area contributed by atoms with Crippen LogP contribution in [-0.2, 0) is 4.57 Å². The van der Waals surface area contributed by atoms with Gasteiger partial charge in [0.25, 0.3) is 0 Å². The van der Waals surface area contributed by atoms with E-state index >= 15 is 0 Å². The molecule has 0 unspecified atom stereocenters. The van der Waals surface area contributed by atoms with Gasteiger partial charge in [0.15, 0.2) is 0 Å². The van der Waals surface area contributed by atoms with Crippen LogP contribution in [0.4, 0.5) is 0 Å². The Morgan fingerprint density at radius 2 is 1.25 bits per heavy atom. The van der Waals surface area contributed by atoms with Gasteiger partial charge < -0.3 is 29.9 Å². The summed E-state index contributed by atoms with van der Waals surface area (Å²) in [7, 11) is -4.64. The fourth-order valence-electron chi connectivity index (χ4n) is 0. The molecule has 0 spiro atoms. The minimum atomic E-state index is -4.64. The van der Waals surface area contributed by atoms with Gasteiger partial charge in [0.1, 0.15) is 0 Å². The fourth-order valence-corrected chi connectivity index (χ4v) is 0. The standard InChI is InChI=1S/Ca.ClH.K.H3O4P.2H/c;;;1-5(2,3)4;;/h;1H;;(H3,1,2,3,4);;/q+2;;+1;;2*-1/p-1. The Hall–Kier alpha value is 3.30. The predicted octanol–water partition coefficient (Wildman–Crippen LogP) is -7.08. The molecule has 0 atom stereocenters. The van der Waals surface area contributed by atoms with Crippen molar-refractivity contribution in [3.05, 3.63) is 0 Å².